The zero-order chi connectivity index (χ0) is 12.0. The molecule has 4 heteroatoms. The third-order valence-corrected chi connectivity index (χ3v) is 3.03. The summed E-state index contributed by atoms with van der Waals surface area (Å²) >= 11 is 0. The lowest BCUT2D eigenvalue weighted by atomic mass is 9.97. The molecule has 0 saturated heterocycles. The van der Waals surface area contributed by atoms with Crippen molar-refractivity contribution in [3.8, 4) is 0 Å². The van der Waals surface area contributed by atoms with Crippen molar-refractivity contribution in [3.05, 3.63) is 0 Å². The van der Waals surface area contributed by atoms with E-state index in [2.05, 4.69) is 0 Å². The fraction of sp³-hybridized carbons (Fsp3) is 0.750. The van der Waals surface area contributed by atoms with Gasteiger partial charge in [-0.25, -0.2) is 0 Å². The quantitative estimate of drug-likeness (QED) is 0.532. The standard InChI is InChI=1S/C12H18O4/c13-10-7-8-11(14)9(10)5-3-1-2-4-6-12(15)16/h9H,1-8H2,(H,15,16). The maximum Gasteiger partial charge on any atom is 0.303 e. The Bertz CT molecular complexity index is 267. The van der Waals surface area contributed by atoms with Crippen molar-refractivity contribution in [2.75, 3.05) is 0 Å². The van der Waals surface area contributed by atoms with Crippen LogP contribution in [0.5, 0.6) is 0 Å². The van der Waals surface area contributed by atoms with E-state index < -0.39 is 5.97 Å². The summed E-state index contributed by atoms with van der Waals surface area (Å²) in [6.45, 7) is 0. The number of Topliss-reactive ketones (excluding diaryl/α,β-unsaturated/α-hetero) is 2. The van der Waals surface area contributed by atoms with Crippen LogP contribution in [0.15, 0.2) is 0 Å². The molecule has 4 nitrogen and oxygen atoms in total. The third kappa shape index (κ3) is 4.13. The SMILES string of the molecule is O=C(O)CCCCCCC1C(=O)CCC1=O. The van der Waals surface area contributed by atoms with E-state index in [0.29, 0.717) is 25.7 Å². The van der Waals surface area contributed by atoms with Crippen LogP contribution in [0, 0.1) is 5.92 Å². The highest BCUT2D eigenvalue weighted by molar-refractivity contribution is 6.08. The van der Waals surface area contributed by atoms with Crippen molar-refractivity contribution >= 4 is 17.5 Å². The van der Waals surface area contributed by atoms with Crippen LogP contribution in [0.4, 0.5) is 0 Å². The van der Waals surface area contributed by atoms with Gasteiger partial charge >= 0.3 is 5.97 Å². The van der Waals surface area contributed by atoms with Gasteiger partial charge in [0.15, 0.2) is 0 Å². The number of carboxylic acid groups (broad SMARTS) is 1. The highest BCUT2D eigenvalue weighted by Crippen LogP contribution is 2.23. The minimum absolute atomic E-state index is 0.0931. The number of carbonyl (C=O) groups excluding carboxylic acids is 2. The van der Waals surface area contributed by atoms with E-state index in [4.69, 9.17) is 5.11 Å². The second kappa shape index (κ2) is 6.40. The Labute approximate surface area is 95.0 Å². The van der Waals surface area contributed by atoms with Gasteiger partial charge in [-0.2, -0.15) is 0 Å². The highest BCUT2D eigenvalue weighted by atomic mass is 16.4. The van der Waals surface area contributed by atoms with Crippen molar-refractivity contribution in [2.24, 2.45) is 5.92 Å². The Morgan fingerprint density at radius 2 is 1.62 bits per heavy atom. The predicted octanol–water partition coefficient (Wildman–Crippen LogP) is 1.96. The zero-order valence-corrected chi connectivity index (χ0v) is 9.41. The maximum absolute atomic E-state index is 11.3. The number of hydrogen-bond acceptors (Lipinski definition) is 3. The topological polar surface area (TPSA) is 71.4 Å². The van der Waals surface area contributed by atoms with Crippen molar-refractivity contribution in [1.82, 2.24) is 0 Å². The van der Waals surface area contributed by atoms with E-state index in [9.17, 15) is 14.4 Å². The van der Waals surface area contributed by atoms with Crippen molar-refractivity contribution < 1.29 is 19.5 Å². The molecule has 0 amide bonds. The third-order valence-electron chi connectivity index (χ3n) is 3.03. The lowest BCUT2D eigenvalue weighted by Crippen LogP contribution is -2.13. The maximum atomic E-state index is 11.3. The lowest BCUT2D eigenvalue weighted by molar-refractivity contribution is -0.137. The summed E-state index contributed by atoms with van der Waals surface area (Å²) in [5, 5.41) is 8.42. The summed E-state index contributed by atoms with van der Waals surface area (Å²) in [6, 6.07) is 0. The Balaban J connectivity index is 2.05. The van der Waals surface area contributed by atoms with Crippen molar-refractivity contribution in [1.29, 1.82) is 0 Å². The first kappa shape index (κ1) is 12.9. The van der Waals surface area contributed by atoms with Crippen LogP contribution in [-0.4, -0.2) is 22.6 Å². The van der Waals surface area contributed by atoms with E-state index in [1.54, 1.807) is 0 Å². The number of aliphatic carboxylic acids is 1. The molecule has 0 bridgehead atoms. The zero-order valence-electron chi connectivity index (χ0n) is 9.41. The summed E-state index contributed by atoms with van der Waals surface area (Å²) in [5.41, 5.74) is 0. The van der Waals surface area contributed by atoms with Gasteiger partial charge < -0.3 is 5.11 Å². The molecule has 0 radical (unpaired) electrons. The minimum atomic E-state index is -0.763. The van der Waals surface area contributed by atoms with Crippen LogP contribution >= 0.6 is 0 Å². The summed E-state index contributed by atoms with van der Waals surface area (Å²) < 4.78 is 0. The molecule has 0 heterocycles. The van der Waals surface area contributed by atoms with Crippen LogP contribution < -0.4 is 0 Å². The van der Waals surface area contributed by atoms with Gasteiger partial charge in [-0.15, -0.1) is 0 Å². The average Bonchev–Trinajstić information content (AvgIpc) is 2.53. The fourth-order valence-corrected chi connectivity index (χ4v) is 2.07. The molecule has 16 heavy (non-hydrogen) atoms. The van der Waals surface area contributed by atoms with Crippen LogP contribution in [0.25, 0.3) is 0 Å². The molecule has 1 aliphatic rings. The van der Waals surface area contributed by atoms with E-state index in [0.717, 1.165) is 19.3 Å². The van der Waals surface area contributed by atoms with Crippen LogP contribution in [-0.2, 0) is 14.4 Å². The van der Waals surface area contributed by atoms with Crippen molar-refractivity contribution in [2.45, 2.75) is 51.4 Å². The summed E-state index contributed by atoms with van der Waals surface area (Å²) in [4.78, 5) is 32.8. The summed E-state index contributed by atoms with van der Waals surface area (Å²) in [5.74, 6) is -0.924. The highest BCUT2D eigenvalue weighted by Gasteiger charge is 2.31. The molecule has 1 rings (SSSR count). The Kier molecular flexibility index (Phi) is 5.15. The molecule has 0 atom stereocenters. The predicted molar refractivity (Wildman–Crippen MR) is 58.1 cm³/mol. The number of carboxylic acids is 1. The molecule has 0 aromatic carbocycles. The number of hydrogen-bond donors (Lipinski definition) is 1. The number of unbranched alkanes of at least 4 members (excludes halogenated alkanes) is 3. The Hall–Kier alpha value is -1.19. The molecule has 1 fully saturated rings. The molecular weight excluding hydrogens is 208 g/mol. The molecule has 0 spiro atoms. The fourth-order valence-electron chi connectivity index (χ4n) is 2.07. The van der Waals surface area contributed by atoms with Gasteiger partial charge in [-0.3, -0.25) is 14.4 Å². The molecular formula is C12H18O4. The van der Waals surface area contributed by atoms with Gasteiger partial charge in [-0.05, 0) is 12.8 Å². The second-order valence-corrected chi connectivity index (χ2v) is 4.33. The van der Waals surface area contributed by atoms with E-state index in [1.165, 1.54) is 0 Å². The second-order valence-electron chi connectivity index (χ2n) is 4.33. The molecule has 90 valence electrons. The average molecular weight is 226 g/mol. The van der Waals surface area contributed by atoms with E-state index in [1.807, 2.05) is 0 Å². The summed E-state index contributed by atoms with van der Waals surface area (Å²) in [6.07, 6.45) is 5.01. The van der Waals surface area contributed by atoms with Gasteiger partial charge in [0.25, 0.3) is 0 Å². The number of ketones is 2. The van der Waals surface area contributed by atoms with Gasteiger partial charge in [0.05, 0.1) is 5.92 Å². The van der Waals surface area contributed by atoms with Crippen LogP contribution in [0.3, 0.4) is 0 Å². The lowest BCUT2D eigenvalue weighted by Gasteiger charge is -2.05. The minimum Gasteiger partial charge on any atom is -0.481 e. The molecule has 1 saturated carbocycles. The first-order chi connectivity index (χ1) is 7.61. The number of rotatable bonds is 7. The summed E-state index contributed by atoms with van der Waals surface area (Å²) in [7, 11) is 0. The Morgan fingerprint density at radius 1 is 1.06 bits per heavy atom. The molecule has 0 aromatic heterocycles. The molecule has 1 aliphatic carbocycles. The molecule has 0 aliphatic heterocycles. The molecule has 0 unspecified atom stereocenters. The normalized spacial score (nSPS) is 17.0. The van der Waals surface area contributed by atoms with Gasteiger partial charge in [0.2, 0.25) is 0 Å². The first-order valence-corrected chi connectivity index (χ1v) is 5.88. The molecule has 1 N–H and O–H groups in total. The monoisotopic (exact) mass is 226 g/mol. The van der Waals surface area contributed by atoms with E-state index in [-0.39, 0.29) is 23.9 Å². The first-order valence-electron chi connectivity index (χ1n) is 5.88. The molecule has 0 aromatic rings. The van der Waals surface area contributed by atoms with Gasteiger partial charge in [0.1, 0.15) is 11.6 Å². The van der Waals surface area contributed by atoms with E-state index >= 15 is 0 Å². The largest absolute Gasteiger partial charge is 0.481 e. The smallest absolute Gasteiger partial charge is 0.303 e. The van der Waals surface area contributed by atoms with Crippen LogP contribution in [0.1, 0.15) is 51.4 Å². The van der Waals surface area contributed by atoms with Gasteiger partial charge in [0, 0.05) is 19.3 Å². The number of carbonyl (C=O) groups is 3. The van der Waals surface area contributed by atoms with Gasteiger partial charge in [-0.1, -0.05) is 19.3 Å². The van der Waals surface area contributed by atoms with Crippen LogP contribution in [0.2, 0.25) is 0 Å². The Morgan fingerprint density at radius 3 is 2.19 bits per heavy atom. The van der Waals surface area contributed by atoms with Crippen molar-refractivity contribution in [3.63, 3.8) is 0 Å².